The Morgan fingerprint density at radius 2 is 2.00 bits per heavy atom. The maximum absolute atomic E-state index is 10.7. The molecule has 1 aromatic carbocycles. The van der Waals surface area contributed by atoms with Gasteiger partial charge in [-0.25, -0.2) is 4.79 Å². The summed E-state index contributed by atoms with van der Waals surface area (Å²) in [4.78, 5) is 10.7. The van der Waals surface area contributed by atoms with Crippen LogP contribution in [0.3, 0.4) is 0 Å². The van der Waals surface area contributed by atoms with Crippen LogP contribution in [-0.4, -0.2) is 17.2 Å². The highest BCUT2D eigenvalue weighted by Crippen LogP contribution is 2.31. The predicted molar refractivity (Wildman–Crippen MR) is 70.6 cm³/mol. The van der Waals surface area contributed by atoms with Gasteiger partial charge >= 0.3 is 5.97 Å². The molecule has 0 aliphatic carbocycles. The van der Waals surface area contributed by atoms with Crippen molar-refractivity contribution in [1.29, 1.82) is 0 Å². The average Bonchev–Trinajstić information content (AvgIpc) is 2.19. The maximum Gasteiger partial charge on any atom is 0.344 e. The Hall–Kier alpha value is -1.03. The number of halogens is 1. The molecule has 94 valence electrons. The molecular formula is C13H17BrO3. The Kier molecular flexibility index (Phi) is 4.20. The fourth-order valence-electron chi connectivity index (χ4n) is 1.30. The third-order valence-electron chi connectivity index (χ3n) is 2.45. The van der Waals surface area contributed by atoms with Gasteiger partial charge in [0.25, 0.3) is 0 Å². The Balaban J connectivity index is 2.95. The van der Waals surface area contributed by atoms with E-state index in [0.717, 1.165) is 4.47 Å². The minimum Gasteiger partial charge on any atom is -0.479 e. The molecule has 0 unspecified atom stereocenters. The first-order valence-electron chi connectivity index (χ1n) is 5.41. The van der Waals surface area contributed by atoms with Gasteiger partial charge in [-0.1, -0.05) is 26.8 Å². The summed E-state index contributed by atoms with van der Waals surface area (Å²) >= 11 is 3.40. The van der Waals surface area contributed by atoms with E-state index in [0.29, 0.717) is 5.75 Å². The minimum absolute atomic E-state index is 0.0550. The average molecular weight is 301 g/mol. The fourth-order valence-corrected chi connectivity index (χ4v) is 1.78. The Morgan fingerprint density at radius 1 is 1.41 bits per heavy atom. The predicted octanol–water partition coefficient (Wildman–Crippen LogP) is 3.60. The van der Waals surface area contributed by atoms with Crippen molar-refractivity contribution in [3.8, 4) is 5.75 Å². The lowest BCUT2D eigenvalue weighted by molar-refractivity contribution is -0.144. The first kappa shape index (κ1) is 14.0. The van der Waals surface area contributed by atoms with Crippen LogP contribution >= 0.6 is 15.9 Å². The van der Waals surface area contributed by atoms with Crippen LogP contribution in [0.1, 0.15) is 33.3 Å². The van der Waals surface area contributed by atoms with Crippen LogP contribution in [0.15, 0.2) is 22.7 Å². The first-order chi connectivity index (χ1) is 7.71. The van der Waals surface area contributed by atoms with Crippen LogP contribution in [0.25, 0.3) is 0 Å². The van der Waals surface area contributed by atoms with Gasteiger partial charge in [-0.15, -0.1) is 0 Å². The second kappa shape index (κ2) is 5.08. The number of carbonyl (C=O) groups is 1. The number of benzene rings is 1. The number of carboxylic acid groups (broad SMARTS) is 1. The molecule has 0 amide bonds. The standard InChI is InChI=1S/C13H17BrO3/c1-8(12(15)16)17-11-6-5-9(7-10(11)14)13(2,3)4/h5-8H,1-4H3,(H,15,16)/t8-/m0/s1. The van der Waals surface area contributed by atoms with Gasteiger partial charge in [-0.3, -0.25) is 0 Å². The third-order valence-corrected chi connectivity index (χ3v) is 3.07. The van der Waals surface area contributed by atoms with Crippen molar-refractivity contribution in [2.75, 3.05) is 0 Å². The lowest BCUT2D eigenvalue weighted by Crippen LogP contribution is -2.23. The van der Waals surface area contributed by atoms with Crippen molar-refractivity contribution in [3.63, 3.8) is 0 Å². The lowest BCUT2D eigenvalue weighted by atomic mass is 9.87. The summed E-state index contributed by atoms with van der Waals surface area (Å²) in [6, 6.07) is 5.71. The van der Waals surface area contributed by atoms with E-state index >= 15 is 0 Å². The van der Waals surface area contributed by atoms with Crippen molar-refractivity contribution < 1.29 is 14.6 Å². The van der Waals surface area contributed by atoms with Crippen LogP contribution in [-0.2, 0) is 10.2 Å². The van der Waals surface area contributed by atoms with Gasteiger partial charge in [0, 0.05) is 0 Å². The molecule has 4 heteroatoms. The van der Waals surface area contributed by atoms with E-state index in [-0.39, 0.29) is 5.41 Å². The van der Waals surface area contributed by atoms with Gasteiger partial charge in [0.05, 0.1) is 4.47 Å². The van der Waals surface area contributed by atoms with Gasteiger partial charge in [0.2, 0.25) is 0 Å². The van der Waals surface area contributed by atoms with E-state index in [1.165, 1.54) is 12.5 Å². The minimum atomic E-state index is -0.975. The van der Waals surface area contributed by atoms with Crippen molar-refractivity contribution in [2.24, 2.45) is 0 Å². The summed E-state index contributed by atoms with van der Waals surface area (Å²) < 4.78 is 6.10. The highest BCUT2D eigenvalue weighted by molar-refractivity contribution is 9.10. The molecule has 1 N–H and O–H groups in total. The normalized spacial score (nSPS) is 13.2. The lowest BCUT2D eigenvalue weighted by Gasteiger charge is -2.20. The van der Waals surface area contributed by atoms with E-state index in [1.54, 1.807) is 6.07 Å². The molecule has 0 spiro atoms. The quantitative estimate of drug-likeness (QED) is 0.928. The van der Waals surface area contributed by atoms with Gasteiger partial charge in [0.1, 0.15) is 5.75 Å². The zero-order valence-corrected chi connectivity index (χ0v) is 12.0. The summed E-state index contributed by atoms with van der Waals surface area (Å²) in [5.74, 6) is -0.426. The fraction of sp³-hybridized carbons (Fsp3) is 0.462. The molecule has 17 heavy (non-hydrogen) atoms. The van der Waals surface area contributed by atoms with Crippen LogP contribution in [0.5, 0.6) is 5.75 Å². The molecular weight excluding hydrogens is 284 g/mol. The molecule has 0 bridgehead atoms. The second-order valence-electron chi connectivity index (χ2n) is 4.99. The molecule has 0 heterocycles. The largest absolute Gasteiger partial charge is 0.479 e. The third kappa shape index (κ3) is 3.73. The van der Waals surface area contributed by atoms with E-state index in [4.69, 9.17) is 9.84 Å². The molecule has 1 rings (SSSR count). The van der Waals surface area contributed by atoms with E-state index in [2.05, 4.69) is 36.7 Å². The molecule has 1 aromatic rings. The highest BCUT2D eigenvalue weighted by atomic mass is 79.9. The summed E-state index contributed by atoms with van der Waals surface area (Å²) in [7, 11) is 0. The molecule has 0 aromatic heterocycles. The van der Waals surface area contributed by atoms with E-state index < -0.39 is 12.1 Å². The Labute approximate surface area is 110 Å². The summed E-state index contributed by atoms with van der Waals surface area (Å²) in [6.07, 6.45) is -0.855. The Morgan fingerprint density at radius 3 is 2.41 bits per heavy atom. The molecule has 0 saturated carbocycles. The number of hydrogen-bond acceptors (Lipinski definition) is 2. The SMILES string of the molecule is C[C@H](Oc1ccc(C(C)(C)C)cc1Br)C(=O)O. The van der Waals surface area contributed by atoms with E-state index in [9.17, 15) is 4.79 Å². The van der Waals surface area contributed by atoms with Crippen molar-refractivity contribution in [3.05, 3.63) is 28.2 Å². The number of aliphatic carboxylic acids is 1. The number of hydrogen-bond donors (Lipinski definition) is 1. The van der Waals surface area contributed by atoms with Crippen molar-refractivity contribution >= 4 is 21.9 Å². The monoisotopic (exact) mass is 300 g/mol. The Bertz CT molecular complexity index is 421. The van der Waals surface area contributed by atoms with Crippen LogP contribution in [0.4, 0.5) is 0 Å². The molecule has 0 fully saturated rings. The van der Waals surface area contributed by atoms with Crippen LogP contribution in [0.2, 0.25) is 0 Å². The van der Waals surface area contributed by atoms with Gasteiger partial charge < -0.3 is 9.84 Å². The summed E-state index contributed by atoms with van der Waals surface area (Å²) in [5, 5.41) is 8.78. The van der Waals surface area contributed by atoms with Gasteiger partial charge in [0.15, 0.2) is 6.10 Å². The molecule has 3 nitrogen and oxygen atoms in total. The highest BCUT2D eigenvalue weighted by Gasteiger charge is 2.18. The van der Waals surface area contributed by atoms with Crippen LogP contribution < -0.4 is 4.74 Å². The van der Waals surface area contributed by atoms with E-state index in [1.807, 2.05) is 12.1 Å². The van der Waals surface area contributed by atoms with Crippen molar-refractivity contribution in [2.45, 2.75) is 39.2 Å². The van der Waals surface area contributed by atoms with Crippen LogP contribution in [0, 0.1) is 0 Å². The van der Waals surface area contributed by atoms with Gasteiger partial charge in [-0.2, -0.15) is 0 Å². The second-order valence-corrected chi connectivity index (χ2v) is 5.85. The zero-order chi connectivity index (χ0) is 13.2. The molecule has 0 aliphatic heterocycles. The molecule has 0 aliphatic rings. The summed E-state index contributed by atoms with van der Waals surface area (Å²) in [6.45, 7) is 7.87. The molecule has 0 saturated heterocycles. The number of carboxylic acids is 1. The molecule has 0 radical (unpaired) electrons. The number of ether oxygens (including phenoxy) is 1. The van der Waals surface area contributed by atoms with Gasteiger partial charge in [-0.05, 0) is 46.0 Å². The first-order valence-corrected chi connectivity index (χ1v) is 6.20. The number of rotatable bonds is 3. The van der Waals surface area contributed by atoms with Crippen molar-refractivity contribution in [1.82, 2.24) is 0 Å². The molecule has 1 atom stereocenters. The summed E-state index contributed by atoms with van der Waals surface area (Å²) in [5.41, 5.74) is 1.22. The smallest absolute Gasteiger partial charge is 0.344 e. The zero-order valence-electron chi connectivity index (χ0n) is 10.5. The topological polar surface area (TPSA) is 46.5 Å². The maximum atomic E-state index is 10.7.